The first kappa shape index (κ1) is 23.4. The van der Waals surface area contributed by atoms with E-state index in [1.807, 2.05) is 32.0 Å². The van der Waals surface area contributed by atoms with Crippen molar-refractivity contribution in [3.63, 3.8) is 0 Å². The van der Waals surface area contributed by atoms with Crippen LogP contribution in [0.25, 0.3) is 27.2 Å². The van der Waals surface area contributed by atoms with Gasteiger partial charge in [-0.3, -0.25) is 0 Å². The summed E-state index contributed by atoms with van der Waals surface area (Å²) in [6.07, 6.45) is 1.14. The van der Waals surface area contributed by atoms with Crippen molar-refractivity contribution in [1.82, 2.24) is 19.5 Å². The van der Waals surface area contributed by atoms with E-state index in [2.05, 4.69) is 19.4 Å². The highest BCUT2D eigenvalue weighted by Gasteiger charge is 2.25. The van der Waals surface area contributed by atoms with Crippen molar-refractivity contribution < 1.29 is 12.8 Å². The van der Waals surface area contributed by atoms with Crippen LogP contribution in [0.15, 0.2) is 42.2 Å². The Hall–Kier alpha value is -3.76. The number of nitrogens with zero attached hydrogens (tertiary/aromatic N) is 7. The lowest BCUT2D eigenvalue weighted by atomic mass is 10.1. The zero-order chi connectivity index (χ0) is 24.6. The summed E-state index contributed by atoms with van der Waals surface area (Å²) >= 11 is 0.752. The number of hydrogen-bond acceptors (Lipinski definition) is 9. The quantitative estimate of drug-likeness (QED) is 0.213. The van der Waals surface area contributed by atoms with Crippen LogP contribution >= 0.6 is 11.3 Å². The SMILES string of the molecule is CCN(CC)c1ccc2cc(-c3nc4sc(S(=O)(=O)/N=C/N(C)C)nn4c3C#N)c(=O)oc2c1. The molecule has 4 rings (SSSR count). The molecule has 0 bridgehead atoms. The molecule has 0 aliphatic carbocycles. The summed E-state index contributed by atoms with van der Waals surface area (Å²) in [6.45, 7) is 5.71. The van der Waals surface area contributed by atoms with Gasteiger partial charge in [-0.15, -0.1) is 9.50 Å². The van der Waals surface area contributed by atoms with Gasteiger partial charge in [0.15, 0.2) is 5.69 Å². The van der Waals surface area contributed by atoms with Crippen LogP contribution in [0.3, 0.4) is 0 Å². The molecule has 176 valence electrons. The summed E-state index contributed by atoms with van der Waals surface area (Å²) < 4.78 is 34.7. The van der Waals surface area contributed by atoms with Gasteiger partial charge in [-0.2, -0.15) is 18.2 Å². The third-order valence-corrected chi connectivity index (χ3v) is 7.51. The topological polar surface area (TPSA) is 137 Å². The molecule has 0 spiro atoms. The van der Waals surface area contributed by atoms with E-state index >= 15 is 0 Å². The number of anilines is 1. The number of nitriles is 1. The molecule has 0 N–H and O–H groups in total. The third-order valence-electron chi connectivity index (χ3n) is 5.03. The lowest BCUT2D eigenvalue weighted by Gasteiger charge is -2.20. The molecule has 0 amide bonds. The first-order valence-electron chi connectivity index (χ1n) is 10.3. The van der Waals surface area contributed by atoms with Crippen molar-refractivity contribution >= 4 is 49.3 Å². The molecule has 0 fully saturated rings. The van der Waals surface area contributed by atoms with E-state index in [-0.39, 0.29) is 26.3 Å². The maximum absolute atomic E-state index is 12.8. The third kappa shape index (κ3) is 4.13. The van der Waals surface area contributed by atoms with Gasteiger partial charge in [0.2, 0.25) is 4.96 Å². The first-order chi connectivity index (χ1) is 16.2. The van der Waals surface area contributed by atoms with Crippen LogP contribution < -0.4 is 10.5 Å². The maximum atomic E-state index is 12.8. The predicted octanol–water partition coefficient (Wildman–Crippen LogP) is 2.56. The Balaban J connectivity index is 1.82. The Morgan fingerprint density at radius 1 is 1.26 bits per heavy atom. The molecule has 11 nitrogen and oxygen atoms in total. The standard InChI is InChI=1S/C21H21N7O4S2/c1-5-27(6-2)14-8-7-13-9-15(19(29)32-17(13)10-14)18-16(11-22)28-20(24-18)33-21(25-28)34(30,31)23-12-26(3)4/h7-10,12H,5-6H2,1-4H3/b23-12+. The Morgan fingerprint density at radius 3 is 2.65 bits per heavy atom. The van der Waals surface area contributed by atoms with Crippen LogP contribution in [0.5, 0.6) is 0 Å². The Morgan fingerprint density at radius 2 is 2.00 bits per heavy atom. The molecule has 0 saturated carbocycles. The number of fused-ring (bicyclic) bond motifs is 2. The highest BCUT2D eigenvalue weighted by atomic mass is 32.2. The number of hydrogen-bond donors (Lipinski definition) is 0. The minimum Gasteiger partial charge on any atom is -0.422 e. The highest BCUT2D eigenvalue weighted by molar-refractivity contribution is 7.92. The predicted molar refractivity (Wildman–Crippen MR) is 130 cm³/mol. The van der Waals surface area contributed by atoms with Crippen molar-refractivity contribution in [1.29, 1.82) is 5.26 Å². The lowest BCUT2D eigenvalue weighted by Crippen LogP contribution is -2.21. The highest BCUT2D eigenvalue weighted by Crippen LogP contribution is 2.30. The van der Waals surface area contributed by atoms with Crippen molar-refractivity contribution in [3.05, 3.63) is 40.4 Å². The number of imidazole rings is 1. The Bertz CT molecular complexity index is 1620. The fraction of sp³-hybridized carbons (Fsp3) is 0.286. The Kier molecular flexibility index (Phi) is 6.11. The van der Waals surface area contributed by atoms with E-state index in [0.29, 0.717) is 11.0 Å². The van der Waals surface area contributed by atoms with E-state index in [1.54, 1.807) is 26.2 Å². The minimum absolute atomic E-state index is 0.0734. The summed E-state index contributed by atoms with van der Waals surface area (Å²) in [6, 6.07) is 9.15. The van der Waals surface area contributed by atoms with Gasteiger partial charge in [0, 0.05) is 44.3 Å². The fourth-order valence-corrected chi connectivity index (χ4v) is 5.37. The fourth-order valence-electron chi connectivity index (χ4n) is 3.38. The van der Waals surface area contributed by atoms with Gasteiger partial charge < -0.3 is 14.2 Å². The van der Waals surface area contributed by atoms with Gasteiger partial charge in [0.1, 0.15) is 23.7 Å². The van der Waals surface area contributed by atoms with Crippen molar-refractivity contribution in [2.24, 2.45) is 4.40 Å². The number of sulfonamides is 1. The summed E-state index contributed by atoms with van der Waals surface area (Å²) in [4.78, 5) is 20.9. The van der Waals surface area contributed by atoms with Crippen molar-refractivity contribution in [2.45, 2.75) is 18.2 Å². The molecular formula is C21H21N7O4S2. The molecule has 3 heterocycles. The molecular weight excluding hydrogens is 478 g/mol. The number of aromatic nitrogens is 3. The zero-order valence-corrected chi connectivity index (χ0v) is 20.5. The van der Waals surface area contributed by atoms with Crippen LogP contribution in [0.1, 0.15) is 19.5 Å². The monoisotopic (exact) mass is 499 g/mol. The Labute approximate surface area is 199 Å². The second kappa shape index (κ2) is 8.88. The normalized spacial score (nSPS) is 12.0. The molecule has 3 aromatic heterocycles. The molecule has 1 aromatic carbocycles. The van der Waals surface area contributed by atoms with E-state index in [9.17, 15) is 18.5 Å². The molecule has 13 heteroatoms. The summed E-state index contributed by atoms with van der Waals surface area (Å²) in [5.74, 6) is 0. The summed E-state index contributed by atoms with van der Waals surface area (Å²) in [5, 5.41) is 14.4. The van der Waals surface area contributed by atoms with Crippen molar-refractivity contribution in [2.75, 3.05) is 32.1 Å². The van der Waals surface area contributed by atoms with E-state index < -0.39 is 15.6 Å². The first-order valence-corrected chi connectivity index (χ1v) is 12.5. The van der Waals surface area contributed by atoms with Crippen LogP contribution in [0.2, 0.25) is 0 Å². The van der Waals surface area contributed by atoms with Gasteiger partial charge in [0.25, 0.3) is 4.34 Å². The zero-order valence-electron chi connectivity index (χ0n) is 18.9. The summed E-state index contributed by atoms with van der Waals surface area (Å²) in [5.41, 5.74) is 0.787. The van der Waals surface area contributed by atoms with E-state index in [0.717, 1.165) is 41.0 Å². The van der Waals surface area contributed by atoms with Gasteiger partial charge in [-0.25, -0.2) is 9.78 Å². The molecule has 34 heavy (non-hydrogen) atoms. The smallest absolute Gasteiger partial charge is 0.345 e. The second-order valence-electron chi connectivity index (χ2n) is 7.48. The molecule has 0 aliphatic heterocycles. The van der Waals surface area contributed by atoms with Gasteiger partial charge >= 0.3 is 15.6 Å². The van der Waals surface area contributed by atoms with Crippen LogP contribution in [-0.4, -0.2) is 61.4 Å². The van der Waals surface area contributed by atoms with Gasteiger partial charge in [0.05, 0.1) is 5.56 Å². The minimum atomic E-state index is -4.06. The average Bonchev–Trinajstić information content (AvgIpc) is 3.36. The molecule has 0 radical (unpaired) electrons. The van der Waals surface area contributed by atoms with Crippen LogP contribution in [-0.2, 0) is 10.0 Å². The van der Waals surface area contributed by atoms with E-state index in [1.165, 1.54) is 4.90 Å². The maximum Gasteiger partial charge on any atom is 0.345 e. The second-order valence-corrected chi connectivity index (χ2v) is 10.2. The molecule has 0 unspecified atom stereocenters. The summed E-state index contributed by atoms with van der Waals surface area (Å²) in [7, 11) is -0.797. The van der Waals surface area contributed by atoms with Crippen LogP contribution in [0.4, 0.5) is 5.69 Å². The van der Waals surface area contributed by atoms with Gasteiger partial charge in [-0.1, -0.05) is 11.3 Å². The lowest BCUT2D eigenvalue weighted by molar-refractivity contribution is 0.563. The largest absolute Gasteiger partial charge is 0.422 e. The molecule has 0 saturated heterocycles. The number of rotatable bonds is 7. The van der Waals surface area contributed by atoms with Gasteiger partial charge in [-0.05, 0) is 32.0 Å². The van der Waals surface area contributed by atoms with E-state index in [4.69, 9.17) is 4.42 Å². The van der Waals surface area contributed by atoms with Crippen molar-refractivity contribution in [3.8, 4) is 17.3 Å². The molecule has 4 aromatic rings. The number of benzene rings is 1. The van der Waals surface area contributed by atoms with Crippen LogP contribution in [0, 0.1) is 11.3 Å². The average molecular weight is 500 g/mol. The molecule has 0 aliphatic rings. The molecule has 0 atom stereocenters.